The van der Waals surface area contributed by atoms with E-state index in [-0.39, 0.29) is 35.6 Å². The van der Waals surface area contributed by atoms with Gasteiger partial charge in [-0.25, -0.2) is 0 Å². The fraction of sp³-hybridized carbons (Fsp3) is 0.786. The fourth-order valence-corrected chi connectivity index (χ4v) is 2.19. The Kier molecular flexibility index (Phi) is 5.53. The van der Waals surface area contributed by atoms with E-state index < -0.39 is 0 Å². The summed E-state index contributed by atoms with van der Waals surface area (Å²) in [6.07, 6.45) is 0.704. The average molecular weight is 283 g/mol. The summed E-state index contributed by atoms with van der Waals surface area (Å²) in [4.78, 5) is 36.6. The predicted octanol–water partition coefficient (Wildman–Crippen LogP) is 0.276. The summed E-state index contributed by atoms with van der Waals surface area (Å²) >= 11 is 0. The molecule has 3 amide bonds. The lowest BCUT2D eigenvalue weighted by Gasteiger charge is -2.31. The number of likely N-dealkylation sites (tertiary alicyclic amines) is 1. The lowest BCUT2D eigenvalue weighted by molar-refractivity contribution is -0.132. The highest BCUT2D eigenvalue weighted by molar-refractivity contribution is 5.89. The van der Waals surface area contributed by atoms with Crippen molar-refractivity contribution in [2.75, 3.05) is 19.6 Å². The minimum Gasteiger partial charge on any atom is -0.354 e. The normalized spacial score (nSPS) is 19.1. The molecule has 1 fully saturated rings. The van der Waals surface area contributed by atoms with Gasteiger partial charge in [0.15, 0.2) is 0 Å². The zero-order valence-electron chi connectivity index (χ0n) is 12.8. The molecule has 2 N–H and O–H groups in total. The van der Waals surface area contributed by atoms with Crippen molar-refractivity contribution in [3.8, 4) is 0 Å². The van der Waals surface area contributed by atoms with E-state index >= 15 is 0 Å². The Labute approximate surface area is 120 Å². The van der Waals surface area contributed by atoms with Gasteiger partial charge in [0.1, 0.15) is 0 Å². The highest BCUT2D eigenvalue weighted by atomic mass is 16.2. The molecular weight excluding hydrogens is 258 g/mol. The molecule has 0 aliphatic carbocycles. The van der Waals surface area contributed by atoms with Crippen LogP contribution in [0.5, 0.6) is 0 Å². The molecule has 1 heterocycles. The Bertz CT molecular complexity index is 388. The van der Waals surface area contributed by atoms with Crippen LogP contribution in [0.2, 0.25) is 0 Å². The van der Waals surface area contributed by atoms with Crippen LogP contribution in [0.25, 0.3) is 0 Å². The van der Waals surface area contributed by atoms with Gasteiger partial charge in [-0.1, -0.05) is 6.92 Å². The molecule has 0 aromatic heterocycles. The first kappa shape index (κ1) is 16.5. The predicted molar refractivity (Wildman–Crippen MR) is 75.9 cm³/mol. The molecule has 1 atom stereocenters. The maximum Gasteiger partial charge on any atom is 0.225 e. The van der Waals surface area contributed by atoms with Gasteiger partial charge in [-0.15, -0.1) is 0 Å². The van der Waals surface area contributed by atoms with E-state index in [1.807, 2.05) is 20.8 Å². The van der Waals surface area contributed by atoms with E-state index in [1.54, 1.807) is 11.8 Å². The van der Waals surface area contributed by atoms with Crippen molar-refractivity contribution in [2.24, 2.45) is 5.92 Å². The molecule has 0 aromatic carbocycles. The topological polar surface area (TPSA) is 78.5 Å². The van der Waals surface area contributed by atoms with Gasteiger partial charge >= 0.3 is 0 Å². The SMILES string of the molecule is CCC(=O)NCCNC(=O)C1CC(=O)N(C(C)(C)C)C1. The van der Waals surface area contributed by atoms with E-state index in [0.29, 0.717) is 26.1 Å². The molecule has 114 valence electrons. The number of hydrogen-bond acceptors (Lipinski definition) is 3. The fourth-order valence-electron chi connectivity index (χ4n) is 2.19. The summed E-state index contributed by atoms with van der Waals surface area (Å²) in [5.74, 6) is -0.411. The van der Waals surface area contributed by atoms with Crippen LogP contribution in [0, 0.1) is 5.92 Å². The second kappa shape index (κ2) is 6.72. The van der Waals surface area contributed by atoms with Crippen molar-refractivity contribution in [3.63, 3.8) is 0 Å². The molecule has 6 heteroatoms. The summed E-state index contributed by atoms with van der Waals surface area (Å²) in [5.41, 5.74) is -0.249. The van der Waals surface area contributed by atoms with Crippen LogP contribution >= 0.6 is 0 Å². The quantitative estimate of drug-likeness (QED) is 0.711. The van der Waals surface area contributed by atoms with E-state index in [2.05, 4.69) is 10.6 Å². The molecule has 1 rings (SSSR count). The number of carbonyl (C=O) groups is 3. The first-order valence-corrected chi connectivity index (χ1v) is 7.10. The lowest BCUT2D eigenvalue weighted by Crippen LogP contribution is -2.43. The van der Waals surface area contributed by atoms with Crippen LogP contribution in [-0.4, -0.2) is 47.8 Å². The van der Waals surface area contributed by atoms with Crippen LogP contribution in [0.15, 0.2) is 0 Å². The standard InChI is InChI=1S/C14H25N3O3/c1-5-11(18)15-6-7-16-13(20)10-8-12(19)17(9-10)14(2,3)4/h10H,5-9H2,1-4H3,(H,15,18)(H,16,20). The van der Waals surface area contributed by atoms with Crippen molar-refractivity contribution in [2.45, 2.75) is 46.1 Å². The van der Waals surface area contributed by atoms with Gasteiger partial charge in [-0.05, 0) is 20.8 Å². The average Bonchev–Trinajstić information content (AvgIpc) is 2.76. The maximum absolute atomic E-state index is 12.0. The molecule has 6 nitrogen and oxygen atoms in total. The maximum atomic E-state index is 12.0. The third-order valence-corrected chi connectivity index (χ3v) is 3.37. The van der Waals surface area contributed by atoms with E-state index in [9.17, 15) is 14.4 Å². The van der Waals surface area contributed by atoms with E-state index in [0.717, 1.165) is 0 Å². The summed E-state index contributed by atoms with van der Waals surface area (Å²) in [6.45, 7) is 8.95. The molecule has 0 spiro atoms. The summed E-state index contributed by atoms with van der Waals surface area (Å²) < 4.78 is 0. The van der Waals surface area contributed by atoms with Crippen LogP contribution in [0.3, 0.4) is 0 Å². The minimum absolute atomic E-state index is 0.0249. The van der Waals surface area contributed by atoms with Crippen molar-refractivity contribution in [1.29, 1.82) is 0 Å². The van der Waals surface area contributed by atoms with Crippen LogP contribution in [-0.2, 0) is 14.4 Å². The number of hydrogen-bond donors (Lipinski definition) is 2. The van der Waals surface area contributed by atoms with Gasteiger partial charge in [0, 0.05) is 38.0 Å². The molecule has 0 aromatic rings. The largest absolute Gasteiger partial charge is 0.354 e. The molecule has 1 unspecified atom stereocenters. The molecule has 0 bridgehead atoms. The van der Waals surface area contributed by atoms with Crippen LogP contribution < -0.4 is 10.6 Å². The summed E-state index contributed by atoms with van der Waals surface area (Å²) in [5, 5.41) is 5.45. The molecular formula is C14H25N3O3. The third kappa shape index (κ3) is 4.51. The van der Waals surface area contributed by atoms with Crippen molar-refractivity contribution in [1.82, 2.24) is 15.5 Å². The van der Waals surface area contributed by atoms with Gasteiger partial charge in [0.25, 0.3) is 0 Å². The van der Waals surface area contributed by atoms with Gasteiger partial charge in [-0.2, -0.15) is 0 Å². The zero-order valence-corrected chi connectivity index (χ0v) is 12.8. The second-order valence-electron chi connectivity index (χ2n) is 6.07. The molecule has 20 heavy (non-hydrogen) atoms. The number of nitrogens with zero attached hydrogens (tertiary/aromatic N) is 1. The van der Waals surface area contributed by atoms with Crippen molar-refractivity contribution < 1.29 is 14.4 Å². The van der Waals surface area contributed by atoms with E-state index in [1.165, 1.54) is 0 Å². The van der Waals surface area contributed by atoms with Crippen molar-refractivity contribution >= 4 is 17.7 Å². The Morgan fingerprint density at radius 2 is 1.85 bits per heavy atom. The highest BCUT2D eigenvalue weighted by Gasteiger charge is 2.39. The third-order valence-electron chi connectivity index (χ3n) is 3.37. The summed E-state index contributed by atoms with van der Waals surface area (Å²) in [6, 6.07) is 0. The van der Waals surface area contributed by atoms with Crippen LogP contribution in [0.4, 0.5) is 0 Å². The number of nitrogens with one attached hydrogen (secondary N) is 2. The smallest absolute Gasteiger partial charge is 0.225 e. The zero-order chi connectivity index (χ0) is 15.3. The monoisotopic (exact) mass is 283 g/mol. The Balaban J connectivity index is 2.35. The van der Waals surface area contributed by atoms with Gasteiger partial charge in [0.05, 0.1) is 5.92 Å². The van der Waals surface area contributed by atoms with Gasteiger partial charge < -0.3 is 15.5 Å². The molecule has 1 saturated heterocycles. The van der Waals surface area contributed by atoms with Crippen molar-refractivity contribution in [3.05, 3.63) is 0 Å². The first-order chi connectivity index (χ1) is 9.25. The van der Waals surface area contributed by atoms with E-state index in [4.69, 9.17) is 0 Å². The summed E-state index contributed by atoms with van der Waals surface area (Å²) in [7, 11) is 0. The first-order valence-electron chi connectivity index (χ1n) is 7.10. The number of rotatable bonds is 5. The highest BCUT2D eigenvalue weighted by Crippen LogP contribution is 2.25. The Hall–Kier alpha value is -1.59. The van der Waals surface area contributed by atoms with Gasteiger partial charge in [0.2, 0.25) is 17.7 Å². The molecule has 1 aliphatic rings. The second-order valence-corrected chi connectivity index (χ2v) is 6.07. The number of amides is 3. The lowest BCUT2D eigenvalue weighted by atomic mass is 10.1. The Morgan fingerprint density at radius 1 is 1.25 bits per heavy atom. The minimum atomic E-state index is -0.288. The van der Waals surface area contributed by atoms with Crippen LogP contribution in [0.1, 0.15) is 40.5 Å². The van der Waals surface area contributed by atoms with Gasteiger partial charge in [-0.3, -0.25) is 14.4 Å². The molecule has 0 saturated carbocycles. The molecule has 1 aliphatic heterocycles. The Morgan fingerprint density at radius 3 is 2.35 bits per heavy atom. The number of carbonyl (C=O) groups excluding carboxylic acids is 3. The molecule has 0 radical (unpaired) electrons.